The van der Waals surface area contributed by atoms with E-state index >= 15 is 0 Å². The predicted octanol–water partition coefficient (Wildman–Crippen LogP) is 3.00. The van der Waals surface area contributed by atoms with Crippen LogP contribution in [0.5, 0.6) is 0 Å². The summed E-state index contributed by atoms with van der Waals surface area (Å²) in [6, 6.07) is 0. The zero-order valence-corrected chi connectivity index (χ0v) is 21.8. The molecule has 0 saturated heterocycles. The van der Waals surface area contributed by atoms with Crippen molar-refractivity contribution in [3.8, 4) is 0 Å². The van der Waals surface area contributed by atoms with Crippen LogP contribution < -0.4 is 0 Å². The number of hydrogen-bond donors (Lipinski definition) is 0. The first-order chi connectivity index (χ1) is 12.2. The lowest BCUT2D eigenvalue weighted by Gasteiger charge is -2.38. The van der Waals surface area contributed by atoms with Crippen molar-refractivity contribution in [3.05, 3.63) is 0 Å². The lowest BCUT2D eigenvalue weighted by molar-refractivity contribution is 0.240. The van der Waals surface area contributed by atoms with Gasteiger partial charge in [-0.25, -0.2) is 0 Å². The first-order valence-corrected chi connectivity index (χ1v) is 13.5. The fraction of sp³-hybridized carbons (Fsp3) is 1.00. The normalized spacial score (nSPS) is 18.3. The van der Waals surface area contributed by atoms with E-state index in [4.69, 9.17) is 26.6 Å². The second-order valence-corrected chi connectivity index (χ2v) is 15.2. The summed E-state index contributed by atoms with van der Waals surface area (Å²) >= 11 is 0. The monoisotopic (exact) mass is 436 g/mol. The minimum absolute atomic E-state index is 0.0921. The summed E-state index contributed by atoms with van der Waals surface area (Å²) in [6.45, 7) is 6.59. The third-order valence-electron chi connectivity index (χ3n) is 4.50. The molecule has 26 heavy (non-hydrogen) atoms. The molecule has 0 aromatic heterocycles. The standard InChI is InChI=1S/C16H36O6Si4/c1-13(24(17-4)18-5)10-16(23,11-14(2)25(19-6)20-7)12-15(3)26(21-8)22-9/h13-15H,10-12H2,1-9H3. The smallest absolute Gasteiger partial charge is 0.387 e. The third-order valence-corrected chi connectivity index (χ3v) is 10.6. The third kappa shape index (κ3) is 8.76. The van der Waals surface area contributed by atoms with Gasteiger partial charge in [0.05, 0.1) is 0 Å². The minimum atomic E-state index is -1.31. The Hall–Kier alpha value is 0.628. The second kappa shape index (κ2) is 13.7. The molecule has 0 spiro atoms. The van der Waals surface area contributed by atoms with Crippen molar-refractivity contribution in [1.29, 1.82) is 0 Å². The van der Waals surface area contributed by atoms with Gasteiger partial charge in [0.25, 0.3) is 0 Å². The van der Waals surface area contributed by atoms with Crippen LogP contribution in [0, 0.1) is 0 Å². The molecule has 0 aromatic rings. The molecule has 0 amide bonds. The molecule has 6 radical (unpaired) electrons. The first-order valence-electron chi connectivity index (χ1n) is 8.81. The Labute approximate surface area is 169 Å². The molecule has 0 heterocycles. The van der Waals surface area contributed by atoms with Crippen LogP contribution in [-0.2, 0) is 26.6 Å². The van der Waals surface area contributed by atoms with E-state index in [2.05, 4.69) is 31.0 Å². The molecule has 3 unspecified atom stereocenters. The lowest BCUT2D eigenvalue weighted by Crippen LogP contribution is -2.34. The molecule has 3 atom stereocenters. The van der Waals surface area contributed by atoms with Crippen LogP contribution in [0.25, 0.3) is 0 Å². The molecule has 0 aliphatic rings. The largest absolute Gasteiger partial charge is 0.397 e. The highest BCUT2D eigenvalue weighted by atomic mass is 28.3. The average molecular weight is 437 g/mol. The Morgan fingerprint density at radius 1 is 0.577 bits per heavy atom. The van der Waals surface area contributed by atoms with Gasteiger partial charge >= 0.3 is 27.9 Å². The van der Waals surface area contributed by atoms with Gasteiger partial charge in [-0.2, -0.15) is 0 Å². The maximum Gasteiger partial charge on any atom is 0.387 e. The van der Waals surface area contributed by atoms with E-state index in [-0.39, 0.29) is 5.04 Å². The molecule has 10 heteroatoms. The van der Waals surface area contributed by atoms with E-state index in [1.54, 1.807) is 42.7 Å². The highest BCUT2D eigenvalue weighted by Crippen LogP contribution is 2.49. The van der Waals surface area contributed by atoms with E-state index < -0.39 is 27.9 Å². The summed E-state index contributed by atoms with van der Waals surface area (Å²) in [6.07, 6.45) is 2.83. The average Bonchev–Trinajstić information content (AvgIpc) is 2.57. The van der Waals surface area contributed by atoms with Gasteiger partial charge in [-0.1, -0.05) is 20.8 Å². The van der Waals surface area contributed by atoms with Gasteiger partial charge in [0.15, 0.2) is 0 Å². The summed E-state index contributed by atoms with van der Waals surface area (Å²) in [5.41, 5.74) is 0.982. The molecule has 0 rings (SSSR count). The van der Waals surface area contributed by atoms with Crippen molar-refractivity contribution in [1.82, 2.24) is 0 Å². The van der Waals surface area contributed by atoms with Gasteiger partial charge in [-0.15, -0.1) is 0 Å². The maximum atomic E-state index is 5.57. The molecular formula is C16H36O6Si4. The molecule has 0 aliphatic heterocycles. The van der Waals surface area contributed by atoms with Gasteiger partial charge in [-0.3, -0.25) is 0 Å². The van der Waals surface area contributed by atoms with Crippen LogP contribution in [0.1, 0.15) is 40.0 Å². The second-order valence-electron chi connectivity index (χ2n) is 6.78. The Kier molecular flexibility index (Phi) is 14.1. The zero-order chi connectivity index (χ0) is 20.3. The van der Waals surface area contributed by atoms with Crippen LogP contribution in [0.15, 0.2) is 0 Å². The SMILES string of the molecule is CO[Si](OC)C(C)CC([Si])(CC(C)[Si](OC)OC)CC(C)[Si](OC)OC. The van der Waals surface area contributed by atoms with Crippen LogP contribution in [0.4, 0.5) is 0 Å². The van der Waals surface area contributed by atoms with E-state index in [0.717, 1.165) is 19.3 Å². The highest BCUT2D eigenvalue weighted by Gasteiger charge is 2.39. The van der Waals surface area contributed by atoms with Crippen molar-refractivity contribution < 1.29 is 26.6 Å². The fourth-order valence-corrected chi connectivity index (χ4v) is 9.83. The van der Waals surface area contributed by atoms with Crippen LogP contribution >= 0.6 is 0 Å². The van der Waals surface area contributed by atoms with Crippen LogP contribution in [0.3, 0.4) is 0 Å². The Balaban J connectivity index is 5.35. The van der Waals surface area contributed by atoms with Gasteiger partial charge in [0.1, 0.15) is 0 Å². The molecule has 0 N–H and O–H groups in total. The molecule has 0 bridgehead atoms. The summed E-state index contributed by atoms with van der Waals surface area (Å²) < 4.78 is 33.4. The van der Waals surface area contributed by atoms with Crippen molar-refractivity contribution in [2.24, 2.45) is 0 Å². The predicted molar refractivity (Wildman–Crippen MR) is 110 cm³/mol. The number of hydrogen-bond acceptors (Lipinski definition) is 6. The quantitative estimate of drug-likeness (QED) is 0.368. The summed E-state index contributed by atoms with van der Waals surface area (Å²) in [5, 5.41) is -0.0921. The van der Waals surface area contributed by atoms with Crippen molar-refractivity contribution in [3.63, 3.8) is 0 Å². The van der Waals surface area contributed by atoms with E-state index in [1.165, 1.54) is 0 Å². The molecule has 0 aliphatic carbocycles. The topological polar surface area (TPSA) is 55.4 Å². The van der Waals surface area contributed by atoms with Gasteiger partial charge in [-0.05, 0) is 24.3 Å². The Morgan fingerprint density at radius 2 is 0.769 bits per heavy atom. The number of rotatable bonds is 15. The highest BCUT2D eigenvalue weighted by molar-refractivity contribution is 6.47. The van der Waals surface area contributed by atoms with Gasteiger partial charge in [0.2, 0.25) is 0 Å². The Bertz CT molecular complexity index is 303. The van der Waals surface area contributed by atoms with E-state index in [1.807, 2.05) is 0 Å². The van der Waals surface area contributed by atoms with E-state index in [0.29, 0.717) is 16.6 Å². The van der Waals surface area contributed by atoms with Crippen molar-refractivity contribution >= 4 is 38.1 Å². The van der Waals surface area contributed by atoms with E-state index in [9.17, 15) is 0 Å². The summed E-state index contributed by atoms with van der Waals surface area (Å²) in [7, 11) is 10.6. The molecule has 0 fully saturated rings. The Morgan fingerprint density at radius 3 is 0.923 bits per heavy atom. The first kappa shape index (κ1) is 26.6. The summed E-state index contributed by atoms with van der Waals surface area (Å²) in [4.78, 5) is 0. The molecule has 6 nitrogen and oxygen atoms in total. The molecular weight excluding hydrogens is 401 g/mol. The minimum Gasteiger partial charge on any atom is -0.397 e. The van der Waals surface area contributed by atoms with Crippen molar-refractivity contribution in [2.75, 3.05) is 42.7 Å². The van der Waals surface area contributed by atoms with Crippen LogP contribution in [-0.4, -0.2) is 80.8 Å². The molecule has 0 saturated carbocycles. The fourth-order valence-electron chi connectivity index (χ4n) is 3.72. The molecule has 152 valence electrons. The summed E-state index contributed by atoms with van der Waals surface area (Å²) in [5.74, 6) is 0. The van der Waals surface area contributed by atoms with Crippen molar-refractivity contribution in [2.45, 2.75) is 61.7 Å². The van der Waals surface area contributed by atoms with Gasteiger partial charge < -0.3 is 26.6 Å². The molecule has 0 aromatic carbocycles. The van der Waals surface area contributed by atoms with Crippen LogP contribution in [0.2, 0.25) is 21.7 Å². The van der Waals surface area contributed by atoms with Gasteiger partial charge in [0, 0.05) is 69.5 Å². The lowest BCUT2D eigenvalue weighted by atomic mass is 9.91. The zero-order valence-electron chi connectivity index (χ0n) is 17.8. The maximum absolute atomic E-state index is 5.57.